The Kier molecular flexibility index (Phi) is 5.30. The van der Waals surface area contributed by atoms with Crippen LogP contribution in [0.4, 0.5) is 5.69 Å². The number of ether oxygens (including phenoxy) is 1. The molecule has 0 aliphatic carbocycles. The smallest absolute Gasteiger partial charge is 0.259 e. The number of fused-ring (bicyclic) bond motifs is 2. The van der Waals surface area contributed by atoms with Crippen LogP contribution in [0, 0.1) is 6.92 Å². The molecule has 1 atom stereocenters. The highest BCUT2D eigenvalue weighted by atomic mass is 32.1. The Morgan fingerprint density at radius 2 is 2.12 bits per heavy atom. The van der Waals surface area contributed by atoms with Gasteiger partial charge in [0.25, 0.3) is 11.6 Å². The average Bonchev–Trinajstić information content (AvgIpc) is 3.48. The van der Waals surface area contributed by atoms with Crippen LogP contribution in [0.5, 0.6) is 5.75 Å². The van der Waals surface area contributed by atoms with Crippen LogP contribution in [-0.4, -0.2) is 53.7 Å². The van der Waals surface area contributed by atoms with E-state index >= 15 is 0 Å². The first-order valence-electron chi connectivity index (χ1n) is 10.6. The number of para-hydroxylation sites is 2. The summed E-state index contributed by atoms with van der Waals surface area (Å²) < 4.78 is 11.6. The molecule has 0 N–H and O–H groups in total. The summed E-state index contributed by atoms with van der Waals surface area (Å²) in [6.07, 6.45) is -0.128. The van der Waals surface area contributed by atoms with Gasteiger partial charge in [-0.2, -0.15) is 0 Å². The van der Waals surface area contributed by atoms with Crippen LogP contribution >= 0.6 is 11.3 Å². The Balaban J connectivity index is 1.44. The third-order valence-electron chi connectivity index (χ3n) is 5.75. The van der Waals surface area contributed by atoms with Gasteiger partial charge in [-0.05, 0) is 43.5 Å². The number of thiophene rings is 1. The average molecular weight is 449 g/mol. The molecular formula is C24H24N4O3S. The third kappa shape index (κ3) is 3.60. The Bertz CT molecular complexity index is 1270. The second-order valence-electron chi connectivity index (χ2n) is 7.91. The molecule has 5 rings (SSSR count). The Morgan fingerprint density at radius 1 is 1.28 bits per heavy atom. The van der Waals surface area contributed by atoms with E-state index in [1.54, 1.807) is 16.2 Å². The van der Waals surface area contributed by atoms with E-state index in [0.29, 0.717) is 34.6 Å². The second-order valence-corrected chi connectivity index (χ2v) is 8.86. The molecule has 32 heavy (non-hydrogen) atoms. The Labute approximate surface area is 190 Å². The van der Waals surface area contributed by atoms with E-state index < -0.39 is 0 Å². The lowest BCUT2D eigenvalue weighted by Crippen LogP contribution is -2.46. The number of hydrogen-bond acceptors (Lipinski definition) is 7. The van der Waals surface area contributed by atoms with Crippen molar-refractivity contribution in [2.45, 2.75) is 20.0 Å². The van der Waals surface area contributed by atoms with Crippen molar-refractivity contribution < 1.29 is 14.1 Å². The minimum absolute atomic E-state index is 0.105. The number of carbonyl (C=O) groups excluding carboxylic acids is 1. The normalized spacial score (nSPS) is 15.5. The predicted molar refractivity (Wildman–Crippen MR) is 126 cm³/mol. The number of anilines is 1. The van der Waals surface area contributed by atoms with E-state index in [9.17, 15) is 4.79 Å². The van der Waals surface area contributed by atoms with Gasteiger partial charge in [0, 0.05) is 13.6 Å². The van der Waals surface area contributed by atoms with Crippen molar-refractivity contribution in [1.29, 1.82) is 0 Å². The largest absolute Gasteiger partial charge is 0.485 e. The Morgan fingerprint density at radius 3 is 2.91 bits per heavy atom. The number of carbonyl (C=O) groups is 1. The van der Waals surface area contributed by atoms with Crippen LogP contribution in [0.1, 0.15) is 23.0 Å². The van der Waals surface area contributed by atoms with Crippen LogP contribution in [0.15, 0.2) is 52.4 Å². The molecule has 0 spiro atoms. The molecular weight excluding hydrogens is 424 g/mol. The number of likely N-dealkylation sites (N-methyl/N-ethyl adjacent to an activating group) is 2. The highest BCUT2D eigenvalue weighted by Gasteiger charge is 2.28. The summed E-state index contributed by atoms with van der Waals surface area (Å²) in [6, 6.07) is 13.8. The van der Waals surface area contributed by atoms with Crippen molar-refractivity contribution in [1.82, 2.24) is 15.0 Å². The van der Waals surface area contributed by atoms with Crippen molar-refractivity contribution in [3.8, 4) is 16.3 Å². The minimum atomic E-state index is -0.128. The van der Waals surface area contributed by atoms with Gasteiger partial charge in [-0.25, -0.2) is 4.98 Å². The highest BCUT2D eigenvalue weighted by molar-refractivity contribution is 7.13. The van der Waals surface area contributed by atoms with Gasteiger partial charge in [-0.1, -0.05) is 23.4 Å². The molecule has 4 heterocycles. The summed E-state index contributed by atoms with van der Waals surface area (Å²) in [5.74, 6) is 0.750. The van der Waals surface area contributed by atoms with Crippen LogP contribution < -0.4 is 9.64 Å². The molecule has 0 saturated carbocycles. The molecule has 1 aliphatic rings. The fourth-order valence-corrected chi connectivity index (χ4v) is 4.87. The standard InChI is InChI=1S/C24H24N4O3S/c1-4-28-14-16(30-20-9-6-5-8-19(20)28)13-27(3)24(29)17-12-18(21-10-7-11-32-21)25-23-22(17)15(2)26-31-23/h5-12,16H,4,13-14H2,1-3H3/t16-/m0/s1. The highest BCUT2D eigenvalue weighted by Crippen LogP contribution is 2.33. The summed E-state index contributed by atoms with van der Waals surface area (Å²) >= 11 is 1.57. The number of amides is 1. The van der Waals surface area contributed by atoms with Gasteiger partial charge >= 0.3 is 0 Å². The summed E-state index contributed by atoms with van der Waals surface area (Å²) in [7, 11) is 1.81. The monoisotopic (exact) mass is 448 g/mol. The van der Waals surface area contributed by atoms with E-state index in [1.807, 2.05) is 55.7 Å². The fourth-order valence-electron chi connectivity index (χ4n) is 4.18. The zero-order chi connectivity index (χ0) is 22.2. The number of rotatable bonds is 5. The number of pyridine rings is 1. The maximum absolute atomic E-state index is 13.6. The zero-order valence-corrected chi connectivity index (χ0v) is 19.1. The minimum Gasteiger partial charge on any atom is -0.485 e. The van der Waals surface area contributed by atoms with E-state index in [0.717, 1.165) is 29.4 Å². The molecule has 4 aromatic rings. The Hall–Kier alpha value is -3.39. The molecule has 164 valence electrons. The number of benzene rings is 1. The van der Waals surface area contributed by atoms with Crippen molar-refractivity contribution in [2.24, 2.45) is 0 Å². The quantitative estimate of drug-likeness (QED) is 0.444. The fraction of sp³-hybridized carbons (Fsp3) is 0.292. The first-order chi connectivity index (χ1) is 15.5. The van der Waals surface area contributed by atoms with Crippen LogP contribution in [0.25, 0.3) is 21.7 Å². The summed E-state index contributed by atoms with van der Waals surface area (Å²) in [5, 5.41) is 6.69. The topological polar surface area (TPSA) is 71.7 Å². The van der Waals surface area contributed by atoms with E-state index in [2.05, 4.69) is 28.0 Å². The summed E-state index contributed by atoms with van der Waals surface area (Å²) in [6.45, 7) is 6.03. The van der Waals surface area contributed by atoms with Crippen molar-refractivity contribution in [3.05, 3.63) is 59.1 Å². The van der Waals surface area contributed by atoms with Gasteiger partial charge in [0.05, 0.1) is 46.0 Å². The van der Waals surface area contributed by atoms with Crippen molar-refractivity contribution in [2.75, 3.05) is 31.6 Å². The second kappa shape index (κ2) is 8.27. The van der Waals surface area contributed by atoms with E-state index in [-0.39, 0.29) is 12.0 Å². The predicted octanol–water partition coefficient (Wildman–Crippen LogP) is 4.62. The summed E-state index contributed by atoms with van der Waals surface area (Å²) in [5.41, 5.74) is 3.38. The molecule has 0 radical (unpaired) electrons. The third-order valence-corrected chi connectivity index (χ3v) is 6.64. The molecule has 7 nitrogen and oxygen atoms in total. The van der Waals surface area contributed by atoms with Gasteiger partial charge in [-0.15, -0.1) is 11.3 Å². The summed E-state index contributed by atoms with van der Waals surface area (Å²) in [4.78, 5) is 23.1. The lowest BCUT2D eigenvalue weighted by molar-refractivity contribution is 0.0711. The van der Waals surface area contributed by atoms with Gasteiger partial charge in [0.1, 0.15) is 11.9 Å². The number of nitrogens with zero attached hydrogens (tertiary/aromatic N) is 4. The van der Waals surface area contributed by atoms with Gasteiger partial charge in [0.15, 0.2) is 0 Å². The number of hydrogen-bond donors (Lipinski definition) is 0. The van der Waals surface area contributed by atoms with Crippen LogP contribution in [-0.2, 0) is 0 Å². The lowest BCUT2D eigenvalue weighted by Gasteiger charge is -2.37. The molecule has 0 unspecified atom stereocenters. The van der Waals surface area contributed by atoms with E-state index in [1.165, 1.54) is 0 Å². The van der Waals surface area contributed by atoms with Crippen molar-refractivity contribution in [3.63, 3.8) is 0 Å². The molecule has 8 heteroatoms. The first kappa shape index (κ1) is 20.5. The lowest BCUT2D eigenvalue weighted by atomic mass is 10.1. The molecule has 1 aliphatic heterocycles. The SMILES string of the molecule is CCN1C[C@H](CN(C)C(=O)c2cc(-c3cccs3)nc3onc(C)c23)Oc2ccccc21. The molecule has 0 saturated heterocycles. The van der Waals surface area contributed by atoms with Gasteiger partial charge < -0.3 is 19.1 Å². The van der Waals surface area contributed by atoms with Crippen LogP contribution in [0.3, 0.4) is 0 Å². The van der Waals surface area contributed by atoms with E-state index in [4.69, 9.17) is 9.26 Å². The van der Waals surface area contributed by atoms with Gasteiger partial charge in [0.2, 0.25) is 0 Å². The molecule has 0 fully saturated rings. The zero-order valence-electron chi connectivity index (χ0n) is 18.2. The number of aromatic nitrogens is 2. The molecule has 0 bridgehead atoms. The van der Waals surface area contributed by atoms with Gasteiger partial charge in [-0.3, -0.25) is 4.79 Å². The van der Waals surface area contributed by atoms with Crippen molar-refractivity contribution >= 4 is 34.0 Å². The molecule has 3 aromatic heterocycles. The first-order valence-corrected chi connectivity index (χ1v) is 11.5. The molecule has 1 amide bonds. The maximum Gasteiger partial charge on any atom is 0.259 e. The number of aryl methyl sites for hydroxylation is 1. The molecule has 1 aromatic carbocycles. The van der Waals surface area contributed by atoms with Crippen LogP contribution in [0.2, 0.25) is 0 Å². The maximum atomic E-state index is 13.6.